The number of benzene rings is 2. The van der Waals surface area contributed by atoms with E-state index in [1.807, 2.05) is 61.5 Å². The molecule has 1 N–H and O–H groups in total. The van der Waals surface area contributed by atoms with Crippen molar-refractivity contribution in [3.8, 4) is 5.69 Å². The van der Waals surface area contributed by atoms with E-state index in [2.05, 4.69) is 15.4 Å². The number of amides is 1. The van der Waals surface area contributed by atoms with Gasteiger partial charge in [-0.15, -0.1) is 5.10 Å². The van der Waals surface area contributed by atoms with Gasteiger partial charge in [-0.05, 0) is 24.6 Å². The van der Waals surface area contributed by atoms with Gasteiger partial charge in [-0.2, -0.15) is 0 Å². The Bertz CT molecular complexity index is 763. The zero-order chi connectivity index (χ0) is 15.4. The average molecular weight is 292 g/mol. The van der Waals surface area contributed by atoms with Crippen LogP contribution >= 0.6 is 0 Å². The zero-order valence-corrected chi connectivity index (χ0v) is 12.2. The Kier molecular flexibility index (Phi) is 3.96. The molecule has 3 aromatic rings. The Morgan fingerprint density at radius 1 is 1.09 bits per heavy atom. The highest BCUT2D eigenvalue weighted by Gasteiger charge is 2.11. The Labute approximate surface area is 128 Å². The lowest BCUT2D eigenvalue weighted by atomic mass is 10.2. The highest BCUT2D eigenvalue weighted by molar-refractivity contribution is 5.90. The van der Waals surface area contributed by atoms with Gasteiger partial charge >= 0.3 is 0 Å². The minimum atomic E-state index is -0.283. The van der Waals surface area contributed by atoms with Crippen molar-refractivity contribution < 1.29 is 4.79 Å². The number of nitrogens with one attached hydrogen (secondary N) is 1. The van der Waals surface area contributed by atoms with Crippen molar-refractivity contribution in [3.63, 3.8) is 0 Å². The fourth-order valence-corrected chi connectivity index (χ4v) is 2.05. The van der Waals surface area contributed by atoms with Crippen molar-refractivity contribution in [1.29, 1.82) is 0 Å². The highest BCUT2D eigenvalue weighted by atomic mass is 16.2. The van der Waals surface area contributed by atoms with Gasteiger partial charge in [-0.3, -0.25) is 4.79 Å². The summed E-state index contributed by atoms with van der Waals surface area (Å²) in [4.78, 5) is 16.1. The SMILES string of the molecule is Cc1ccc(-n2cnc(C(=O)NCc3ccccc3)n2)cc1. The van der Waals surface area contributed by atoms with Crippen molar-refractivity contribution >= 4 is 5.91 Å². The predicted molar refractivity (Wildman–Crippen MR) is 83.7 cm³/mol. The standard InChI is InChI=1S/C17H16N4O/c1-13-7-9-15(10-8-13)21-12-19-16(20-21)17(22)18-11-14-5-3-2-4-6-14/h2-10,12H,11H2,1H3,(H,18,22). The van der Waals surface area contributed by atoms with Crippen molar-refractivity contribution in [2.45, 2.75) is 13.5 Å². The molecule has 0 bridgehead atoms. The molecule has 3 rings (SSSR count). The van der Waals surface area contributed by atoms with Crippen LogP contribution in [0.2, 0.25) is 0 Å². The van der Waals surface area contributed by atoms with Gasteiger partial charge in [0.1, 0.15) is 6.33 Å². The number of aryl methyl sites for hydroxylation is 1. The van der Waals surface area contributed by atoms with E-state index in [0.717, 1.165) is 11.3 Å². The maximum absolute atomic E-state index is 12.1. The average Bonchev–Trinajstić information content (AvgIpc) is 3.04. The van der Waals surface area contributed by atoms with Gasteiger partial charge in [0, 0.05) is 6.54 Å². The van der Waals surface area contributed by atoms with E-state index in [0.29, 0.717) is 6.54 Å². The van der Waals surface area contributed by atoms with E-state index in [1.54, 1.807) is 11.0 Å². The molecule has 0 fully saturated rings. The van der Waals surface area contributed by atoms with Crippen LogP contribution in [0.3, 0.4) is 0 Å². The normalized spacial score (nSPS) is 10.4. The lowest BCUT2D eigenvalue weighted by Crippen LogP contribution is -2.24. The summed E-state index contributed by atoms with van der Waals surface area (Å²) in [6.07, 6.45) is 1.54. The lowest BCUT2D eigenvalue weighted by Gasteiger charge is -2.02. The summed E-state index contributed by atoms with van der Waals surface area (Å²) in [7, 11) is 0. The molecular weight excluding hydrogens is 276 g/mol. The van der Waals surface area contributed by atoms with E-state index < -0.39 is 0 Å². The van der Waals surface area contributed by atoms with Gasteiger partial charge in [0.25, 0.3) is 5.91 Å². The second-order valence-corrected chi connectivity index (χ2v) is 5.02. The van der Waals surface area contributed by atoms with Gasteiger partial charge < -0.3 is 5.32 Å². The summed E-state index contributed by atoms with van der Waals surface area (Å²) in [5.74, 6) is -0.119. The summed E-state index contributed by atoms with van der Waals surface area (Å²) in [6.45, 7) is 2.48. The van der Waals surface area contributed by atoms with Gasteiger partial charge in [0.05, 0.1) is 5.69 Å². The molecule has 2 aromatic carbocycles. The fraction of sp³-hybridized carbons (Fsp3) is 0.118. The smallest absolute Gasteiger partial charge is 0.291 e. The number of rotatable bonds is 4. The van der Waals surface area contributed by atoms with Gasteiger partial charge in [-0.1, -0.05) is 48.0 Å². The third-order valence-corrected chi connectivity index (χ3v) is 3.29. The van der Waals surface area contributed by atoms with Crippen LogP contribution < -0.4 is 5.32 Å². The Morgan fingerprint density at radius 3 is 2.55 bits per heavy atom. The summed E-state index contributed by atoms with van der Waals surface area (Å²) in [5.41, 5.74) is 3.08. The Balaban J connectivity index is 1.68. The first-order valence-electron chi connectivity index (χ1n) is 7.03. The topological polar surface area (TPSA) is 59.8 Å². The minimum Gasteiger partial charge on any atom is -0.345 e. The molecule has 0 atom stereocenters. The number of hydrogen-bond acceptors (Lipinski definition) is 3. The number of carbonyl (C=O) groups is 1. The number of aromatic nitrogens is 3. The molecule has 1 heterocycles. The summed E-state index contributed by atoms with van der Waals surface area (Å²) >= 11 is 0. The van der Waals surface area contributed by atoms with E-state index in [9.17, 15) is 4.79 Å². The van der Waals surface area contributed by atoms with Gasteiger partial charge in [0.2, 0.25) is 5.82 Å². The maximum Gasteiger partial charge on any atom is 0.291 e. The van der Waals surface area contributed by atoms with Crippen LogP contribution in [0, 0.1) is 6.92 Å². The van der Waals surface area contributed by atoms with Gasteiger partial charge in [-0.25, -0.2) is 9.67 Å². The number of hydrogen-bond donors (Lipinski definition) is 1. The van der Waals surface area contributed by atoms with Crippen LogP contribution in [0.4, 0.5) is 0 Å². The molecule has 1 amide bonds. The second-order valence-electron chi connectivity index (χ2n) is 5.02. The van der Waals surface area contributed by atoms with E-state index in [1.165, 1.54) is 5.56 Å². The molecule has 1 aromatic heterocycles. The van der Waals surface area contributed by atoms with Crippen LogP contribution in [0.1, 0.15) is 21.7 Å². The largest absolute Gasteiger partial charge is 0.345 e. The molecule has 0 aliphatic heterocycles. The second kappa shape index (κ2) is 6.22. The van der Waals surface area contributed by atoms with Crippen LogP contribution in [0.25, 0.3) is 5.69 Å². The molecule has 22 heavy (non-hydrogen) atoms. The zero-order valence-electron chi connectivity index (χ0n) is 12.2. The molecule has 0 spiro atoms. The van der Waals surface area contributed by atoms with Crippen molar-refractivity contribution in [3.05, 3.63) is 77.9 Å². The van der Waals surface area contributed by atoms with E-state index >= 15 is 0 Å². The molecule has 5 heteroatoms. The summed E-state index contributed by atoms with van der Waals surface area (Å²) in [5, 5.41) is 7.03. The summed E-state index contributed by atoms with van der Waals surface area (Å²) < 4.78 is 1.59. The number of carbonyl (C=O) groups excluding carboxylic acids is 1. The molecule has 110 valence electrons. The first-order chi connectivity index (χ1) is 10.7. The Hall–Kier alpha value is -2.95. The third kappa shape index (κ3) is 3.20. The van der Waals surface area contributed by atoms with Crippen molar-refractivity contribution in [1.82, 2.24) is 20.1 Å². The van der Waals surface area contributed by atoms with Crippen LogP contribution in [-0.4, -0.2) is 20.7 Å². The number of nitrogens with zero attached hydrogens (tertiary/aromatic N) is 3. The van der Waals surface area contributed by atoms with Crippen LogP contribution in [0.5, 0.6) is 0 Å². The monoisotopic (exact) mass is 292 g/mol. The highest BCUT2D eigenvalue weighted by Crippen LogP contribution is 2.08. The fourth-order valence-electron chi connectivity index (χ4n) is 2.05. The molecule has 0 aliphatic carbocycles. The summed E-state index contributed by atoms with van der Waals surface area (Å²) in [6, 6.07) is 17.6. The van der Waals surface area contributed by atoms with Crippen molar-refractivity contribution in [2.24, 2.45) is 0 Å². The first kappa shape index (κ1) is 14.0. The van der Waals surface area contributed by atoms with E-state index in [-0.39, 0.29) is 11.7 Å². The molecule has 5 nitrogen and oxygen atoms in total. The molecule has 0 saturated heterocycles. The van der Waals surface area contributed by atoms with Gasteiger partial charge in [0.15, 0.2) is 0 Å². The van der Waals surface area contributed by atoms with Crippen LogP contribution in [-0.2, 0) is 6.54 Å². The quantitative estimate of drug-likeness (QED) is 0.803. The Morgan fingerprint density at radius 2 is 1.82 bits per heavy atom. The molecule has 0 aliphatic rings. The molecule has 0 unspecified atom stereocenters. The third-order valence-electron chi connectivity index (χ3n) is 3.29. The maximum atomic E-state index is 12.1. The van der Waals surface area contributed by atoms with E-state index in [4.69, 9.17) is 0 Å². The van der Waals surface area contributed by atoms with Crippen LogP contribution in [0.15, 0.2) is 60.9 Å². The molecule has 0 radical (unpaired) electrons. The lowest BCUT2D eigenvalue weighted by molar-refractivity contribution is 0.0940. The van der Waals surface area contributed by atoms with Crippen molar-refractivity contribution in [2.75, 3.05) is 0 Å². The first-order valence-corrected chi connectivity index (χ1v) is 7.03. The molecular formula is C17H16N4O. The predicted octanol–water partition coefficient (Wildman–Crippen LogP) is 2.51. The molecule has 0 saturated carbocycles. The minimum absolute atomic E-state index is 0.163.